The number of carboxylic acid groups (broad SMARTS) is 1. The third-order valence-corrected chi connectivity index (χ3v) is 11.0. The van der Waals surface area contributed by atoms with Gasteiger partial charge in [0.05, 0.1) is 52.4 Å². The topological polar surface area (TPSA) is 271 Å². The van der Waals surface area contributed by atoms with Gasteiger partial charge in [-0.1, -0.05) is 79.0 Å². The Labute approximate surface area is 442 Å². The van der Waals surface area contributed by atoms with Gasteiger partial charge >= 0.3 is 31.7 Å². The number of halogens is 7. The number of ether oxygens (including phenoxy) is 5. The molecule has 4 aromatic rings. The molecule has 0 bridgehead atoms. The number of benzene rings is 4. The lowest BCUT2D eigenvalue weighted by atomic mass is 10.0. The largest absolute Gasteiger partial charge is 0.489 e. The number of nitrogens with one attached hydrogen (secondary N) is 1. The number of carbonyl (C=O) groups is 5. The van der Waals surface area contributed by atoms with Crippen molar-refractivity contribution in [3.63, 3.8) is 0 Å². The molecule has 1 unspecified atom stereocenters. The number of fused-ring (bicyclic) bond motifs is 1. The molecule has 1 aliphatic heterocycles. The lowest BCUT2D eigenvalue weighted by molar-refractivity contribution is -0.385. The predicted molar refractivity (Wildman–Crippen MR) is 269 cm³/mol. The first-order valence-electron chi connectivity index (χ1n) is 21.7. The quantitative estimate of drug-likeness (QED) is 0.0180. The summed E-state index contributed by atoms with van der Waals surface area (Å²) >= 11 is 22.7. The molecule has 2 amide bonds. The first kappa shape index (κ1) is 64.4. The van der Waals surface area contributed by atoms with E-state index in [1.165, 1.54) is 6.92 Å². The molecule has 406 valence electrons. The highest BCUT2D eigenvalue weighted by Gasteiger charge is 2.33. The number of carbonyl (C=O) groups excluding carboxylic acids is 4. The first-order valence-corrected chi connectivity index (χ1v) is 25.2. The van der Waals surface area contributed by atoms with Crippen molar-refractivity contribution in [1.29, 1.82) is 0 Å². The third kappa shape index (κ3) is 20.9. The number of nitro benzene ring substituents is 1. The van der Waals surface area contributed by atoms with Gasteiger partial charge in [-0.2, -0.15) is 13.2 Å². The third-order valence-electron chi connectivity index (χ3n) is 9.47. The van der Waals surface area contributed by atoms with E-state index in [1.807, 2.05) is 49.4 Å². The molecule has 4 N–H and O–H groups in total. The number of hydrogen-bond donors (Lipinski definition) is 4. The molecule has 0 radical (unpaired) electrons. The van der Waals surface area contributed by atoms with Crippen molar-refractivity contribution >= 4 is 101 Å². The second kappa shape index (κ2) is 31.2. The Kier molecular flexibility index (Phi) is 27.1. The van der Waals surface area contributed by atoms with E-state index >= 15 is 0 Å². The van der Waals surface area contributed by atoms with Gasteiger partial charge in [0.25, 0.3) is 11.6 Å². The molecule has 0 aromatic heterocycles. The fourth-order valence-electron chi connectivity index (χ4n) is 6.27. The fraction of sp³-hybridized carbons (Fsp3) is 0.370. The smallest absolute Gasteiger partial charge is 0.416 e. The van der Waals surface area contributed by atoms with Crippen LogP contribution in [-0.2, 0) is 57.0 Å². The first-order chi connectivity index (χ1) is 34.7. The van der Waals surface area contributed by atoms with E-state index in [1.54, 1.807) is 16.9 Å². The summed E-state index contributed by atoms with van der Waals surface area (Å²) in [6.07, 6.45) is -3.46. The highest BCUT2D eigenvalue weighted by Crippen LogP contribution is 2.38. The average molecular weight is 1150 g/mol. The number of methoxy groups -OCH3 is 1. The Balaban J connectivity index is 0.000000365. The highest BCUT2D eigenvalue weighted by atomic mass is 35.5. The maximum absolute atomic E-state index is 12.7. The Morgan fingerprint density at radius 3 is 2.12 bits per heavy atom. The lowest BCUT2D eigenvalue weighted by Crippen LogP contribution is -2.47. The van der Waals surface area contributed by atoms with Crippen LogP contribution in [0.2, 0.25) is 5.02 Å². The monoisotopic (exact) mass is 1140 g/mol. The molecule has 20 nitrogen and oxygen atoms in total. The van der Waals surface area contributed by atoms with Crippen LogP contribution in [0.4, 0.5) is 30.2 Å². The minimum absolute atomic E-state index is 0.0371. The van der Waals surface area contributed by atoms with Gasteiger partial charge in [-0.15, -0.1) is 11.6 Å². The Morgan fingerprint density at radius 2 is 1.61 bits per heavy atom. The number of nitrogens with zero attached hydrogens (tertiary/aromatic N) is 3. The number of aryl methyl sites for hydroxylation is 2. The highest BCUT2D eigenvalue weighted by molar-refractivity contribution is 7.51. The second-order valence-electron chi connectivity index (χ2n) is 14.8. The van der Waals surface area contributed by atoms with E-state index in [4.69, 9.17) is 80.2 Å². The van der Waals surface area contributed by atoms with Crippen LogP contribution in [-0.4, -0.2) is 113 Å². The molecular formula is C46H52Cl4F3N4O16P. The molecule has 74 heavy (non-hydrogen) atoms. The average Bonchev–Trinajstić information content (AvgIpc) is 3.34. The second-order valence-corrected chi connectivity index (χ2v) is 18.3. The number of amides is 2. The molecule has 1 atom stereocenters. The van der Waals surface area contributed by atoms with Crippen molar-refractivity contribution in [3.05, 3.63) is 116 Å². The van der Waals surface area contributed by atoms with Gasteiger partial charge in [-0.25, -0.2) is 9.59 Å². The maximum atomic E-state index is 12.7. The summed E-state index contributed by atoms with van der Waals surface area (Å²) in [6, 6.07) is 18.7. The minimum Gasteiger partial charge on any atom is -0.489 e. The SMILES string of the molecule is CC1COc2ccccc2N1C(=O)C(Cl)Cl.CCOC(=O)COC(=O)c1cc(Oc2ccc(C(F)(F)F)cc2Cl)ccc1[N+](=O)[O-].CCc1cccc(CC)c1N(COC)C(=O)CCl.O=C(O)CNCP(=O)(O)O. The van der Waals surface area contributed by atoms with E-state index in [2.05, 4.69) is 23.9 Å². The van der Waals surface area contributed by atoms with Crippen molar-refractivity contribution < 1.29 is 85.2 Å². The number of esters is 2. The van der Waals surface area contributed by atoms with Crippen LogP contribution in [0.25, 0.3) is 0 Å². The Morgan fingerprint density at radius 1 is 0.973 bits per heavy atom. The fourth-order valence-corrected chi connectivity index (χ4v) is 7.24. The summed E-state index contributed by atoms with van der Waals surface area (Å²) in [4.78, 5) is 85.9. The zero-order valence-corrected chi connectivity index (χ0v) is 44.0. The van der Waals surface area contributed by atoms with Crippen molar-refractivity contribution in [2.75, 3.05) is 62.2 Å². The van der Waals surface area contributed by atoms with E-state index in [9.17, 15) is 51.8 Å². The van der Waals surface area contributed by atoms with Gasteiger partial charge in [-0.05, 0) is 74.2 Å². The molecule has 0 saturated carbocycles. The lowest BCUT2D eigenvalue weighted by Gasteiger charge is -2.35. The predicted octanol–water partition coefficient (Wildman–Crippen LogP) is 9.17. The molecule has 0 fully saturated rings. The van der Waals surface area contributed by atoms with Gasteiger partial charge in [-0.3, -0.25) is 39.3 Å². The van der Waals surface area contributed by atoms with Crippen molar-refractivity contribution in [2.45, 2.75) is 57.6 Å². The molecular weight excluding hydrogens is 1090 g/mol. The van der Waals surface area contributed by atoms with Crippen LogP contribution >= 0.6 is 54.0 Å². The number of nitro groups is 1. The van der Waals surface area contributed by atoms with Crippen LogP contribution in [0.1, 0.15) is 54.7 Å². The summed E-state index contributed by atoms with van der Waals surface area (Å²) in [5, 5.41) is 20.9. The minimum atomic E-state index is -4.61. The molecule has 28 heteroatoms. The van der Waals surface area contributed by atoms with Gasteiger partial charge < -0.3 is 43.5 Å². The number of alkyl halides is 6. The summed E-state index contributed by atoms with van der Waals surface area (Å²) in [5.74, 6) is -3.30. The van der Waals surface area contributed by atoms with Crippen LogP contribution in [0.15, 0.2) is 78.9 Å². The summed E-state index contributed by atoms with van der Waals surface area (Å²) in [6.45, 7) is 7.11. The number of rotatable bonds is 18. The zero-order chi connectivity index (χ0) is 55.9. The Bertz CT molecular complexity index is 2590. The van der Waals surface area contributed by atoms with Gasteiger partial charge in [0.1, 0.15) is 42.0 Å². The molecule has 1 heterocycles. The standard InChI is InChI=1S/C18H13ClF3NO7.C14H20ClNO2.C11H11Cl2NO2.C3H8NO5P/c1-2-28-16(24)9-29-17(25)12-8-11(4-5-14(12)23(26)27)30-15-6-3-10(7-13(15)19)18(20,21)22;1-4-11-7-6-8-12(5-2)14(11)16(10-18-3)13(17)9-15;1-7-6-16-9-5-3-2-4-8(9)14(7)11(15)10(12)13;5-3(6)1-4-2-10(7,8)9/h3-8H,2,9H2,1H3;6-8H,4-5,9-10H2,1-3H3;2-5,7,10H,6H2,1H3;4H,1-2H2,(H,5,6)(H2,7,8,9). The number of aliphatic carboxylic acids is 1. The van der Waals surface area contributed by atoms with Gasteiger partial charge in [0, 0.05) is 19.2 Å². The van der Waals surface area contributed by atoms with E-state index < -0.39 is 77.7 Å². The number of para-hydroxylation sites is 3. The van der Waals surface area contributed by atoms with Crippen LogP contribution < -0.4 is 24.6 Å². The summed E-state index contributed by atoms with van der Waals surface area (Å²) in [7, 11) is -2.52. The van der Waals surface area contributed by atoms with Gasteiger partial charge in [0.15, 0.2) is 11.4 Å². The molecule has 1 aliphatic rings. The van der Waals surface area contributed by atoms with Crippen molar-refractivity contribution in [1.82, 2.24) is 5.32 Å². The van der Waals surface area contributed by atoms with Gasteiger partial charge in [0.2, 0.25) is 5.91 Å². The Hall–Kier alpha value is -5.75. The molecule has 5 rings (SSSR count). The van der Waals surface area contributed by atoms with E-state index in [-0.39, 0.29) is 53.6 Å². The van der Waals surface area contributed by atoms with Crippen LogP contribution in [0.3, 0.4) is 0 Å². The molecule has 0 aliphatic carbocycles. The summed E-state index contributed by atoms with van der Waals surface area (Å²) in [5.41, 5.74) is 1.80. The van der Waals surface area contributed by atoms with Crippen molar-refractivity contribution in [3.8, 4) is 17.2 Å². The van der Waals surface area contributed by atoms with E-state index in [0.717, 1.165) is 65.7 Å². The zero-order valence-electron chi connectivity index (χ0n) is 40.1. The maximum Gasteiger partial charge on any atom is 0.416 e. The molecule has 0 saturated heterocycles. The molecule has 4 aromatic carbocycles. The normalized spacial score (nSPS) is 12.7. The number of hydrogen-bond acceptors (Lipinski definition) is 14. The number of carboxylic acids is 1. The van der Waals surface area contributed by atoms with Crippen molar-refractivity contribution in [2.24, 2.45) is 0 Å². The number of anilines is 2. The van der Waals surface area contributed by atoms with Crippen LogP contribution in [0, 0.1) is 10.1 Å². The van der Waals surface area contributed by atoms with E-state index in [0.29, 0.717) is 18.4 Å². The summed E-state index contributed by atoms with van der Waals surface area (Å²) < 4.78 is 73.5. The van der Waals surface area contributed by atoms with Crippen LogP contribution in [0.5, 0.6) is 17.2 Å². The molecule has 0 spiro atoms.